The van der Waals surface area contributed by atoms with Gasteiger partial charge in [-0.15, -0.1) is 0 Å². The molecule has 0 spiro atoms. The quantitative estimate of drug-likeness (QED) is 0.827. The molecule has 1 aromatic heterocycles. The lowest BCUT2D eigenvalue weighted by Gasteiger charge is -2.32. The Kier molecular flexibility index (Phi) is 5.04. The maximum absolute atomic E-state index is 12.6. The highest BCUT2D eigenvalue weighted by atomic mass is 19.3. The summed E-state index contributed by atoms with van der Waals surface area (Å²) < 4.78 is 29.6. The fourth-order valence-electron chi connectivity index (χ4n) is 4.23. The number of pyridine rings is 1. The van der Waals surface area contributed by atoms with Crippen molar-refractivity contribution in [2.75, 3.05) is 25.0 Å². The number of anilines is 1. The van der Waals surface area contributed by atoms with Crippen molar-refractivity contribution < 1.29 is 18.6 Å². The number of ether oxygens (including phenoxy) is 1. The Morgan fingerprint density at radius 3 is 2.78 bits per heavy atom. The van der Waals surface area contributed by atoms with Gasteiger partial charge in [0.25, 0.3) is 0 Å². The van der Waals surface area contributed by atoms with E-state index in [1.807, 2.05) is 0 Å². The number of hydrogen-bond acceptors (Lipinski definition) is 5. The van der Waals surface area contributed by atoms with Crippen molar-refractivity contribution in [1.29, 1.82) is 0 Å². The molecule has 2 aliphatic rings. The first-order chi connectivity index (χ1) is 13.0. The van der Waals surface area contributed by atoms with E-state index in [9.17, 15) is 13.9 Å². The summed E-state index contributed by atoms with van der Waals surface area (Å²) in [6.07, 6.45) is 4.99. The highest BCUT2D eigenvalue weighted by Crippen LogP contribution is 2.40. The monoisotopic (exact) mass is 377 g/mol. The predicted octanol–water partition coefficient (Wildman–Crippen LogP) is 3.93. The van der Waals surface area contributed by atoms with Gasteiger partial charge in [-0.3, -0.25) is 4.98 Å². The zero-order valence-electron chi connectivity index (χ0n) is 15.5. The molecule has 0 unspecified atom stereocenters. The summed E-state index contributed by atoms with van der Waals surface area (Å²) >= 11 is 0. The van der Waals surface area contributed by atoms with Crippen molar-refractivity contribution >= 4 is 16.6 Å². The van der Waals surface area contributed by atoms with Gasteiger partial charge in [-0.2, -0.15) is 8.78 Å². The maximum Gasteiger partial charge on any atom is 0.387 e. The minimum Gasteiger partial charge on any atom is -0.504 e. The van der Waals surface area contributed by atoms with Crippen molar-refractivity contribution in [3.05, 3.63) is 23.4 Å². The van der Waals surface area contributed by atoms with Crippen LogP contribution in [0.1, 0.15) is 37.4 Å². The minimum absolute atomic E-state index is 0.231. The summed E-state index contributed by atoms with van der Waals surface area (Å²) in [5.74, 6) is -0.517. The first-order valence-electron chi connectivity index (χ1n) is 9.67. The number of aryl methyl sites for hydroxylation is 1. The number of alkyl halides is 2. The largest absolute Gasteiger partial charge is 0.504 e. The molecule has 2 heterocycles. The molecule has 0 amide bonds. The maximum atomic E-state index is 12.6. The highest BCUT2D eigenvalue weighted by molar-refractivity contribution is 5.96. The molecule has 1 saturated heterocycles. The fraction of sp³-hybridized carbons (Fsp3) is 0.550. The van der Waals surface area contributed by atoms with E-state index in [1.54, 1.807) is 0 Å². The third-order valence-corrected chi connectivity index (χ3v) is 5.69. The topological polar surface area (TPSA) is 57.6 Å². The van der Waals surface area contributed by atoms with E-state index in [-0.39, 0.29) is 11.5 Å². The second-order valence-corrected chi connectivity index (χ2v) is 7.33. The molecule has 1 aliphatic heterocycles. The van der Waals surface area contributed by atoms with Gasteiger partial charge >= 0.3 is 6.61 Å². The van der Waals surface area contributed by atoms with Crippen molar-refractivity contribution in [2.45, 2.75) is 51.7 Å². The summed E-state index contributed by atoms with van der Waals surface area (Å²) in [6.45, 7) is 2.40. The first kappa shape index (κ1) is 18.2. The molecule has 1 fully saturated rings. The highest BCUT2D eigenvalue weighted by Gasteiger charge is 2.25. The molecule has 1 aliphatic carbocycles. The Balaban J connectivity index is 1.71. The number of rotatable bonds is 5. The Hall–Kier alpha value is -2.15. The van der Waals surface area contributed by atoms with Crippen molar-refractivity contribution in [3.63, 3.8) is 0 Å². The number of piperidine rings is 1. The standard InChI is InChI=1S/C20H25F2N3O2/c1-2-25-8-6-12(7-9-25)23-19-13-4-3-5-15(13)24-16-11-18(27-20(21)22)17(26)10-14(16)19/h10-12,20,26H,2-9H2,1H3,(H,23,24). The lowest BCUT2D eigenvalue weighted by atomic mass is 10.0. The van der Waals surface area contributed by atoms with Crippen LogP contribution in [0.15, 0.2) is 12.1 Å². The summed E-state index contributed by atoms with van der Waals surface area (Å²) in [4.78, 5) is 7.10. The number of phenols is 1. The first-order valence-corrected chi connectivity index (χ1v) is 9.67. The smallest absolute Gasteiger partial charge is 0.387 e. The predicted molar refractivity (Wildman–Crippen MR) is 101 cm³/mol. The molecule has 0 saturated carbocycles. The molecular weight excluding hydrogens is 352 g/mol. The summed E-state index contributed by atoms with van der Waals surface area (Å²) in [5.41, 5.74) is 3.80. The Labute approximate surface area is 157 Å². The van der Waals surface area contributed by atoms with E-state index < -0.39 is 6.61 Å². The Morgan fingerprint density at radius 2 is 2.07 bits per heavy atom. The van der Waals surface area contributed by atoms with E-state index in [1.165, 1.54) is 17.7 Å². The van der Waals surface area contributed by atoms with Gasteiger partial charge in [0, 0.05) is 42.0 Å². The third kappa shape index (κ3) is 3.65. The molecule has 5 nitrogen and oxygen atoms in total. The van der Waals surface area contributed by atoms with Crippen LogP contribution in [0.25, 0.3) is 10.9 Å². The van der Waals surface area contributed by atoms with E-state index in [0.29, 0.717) is 11.6 Å². The number of hydrogen-bond donors (Lipinski definition) is 2. The number of fused-ring (bicyclic) bond motifs is 2. The van der Waals surface area contributed by atoms with Crippen LogP contribution in [0, 0.1) is 0 Å². The molecule has 7 heteroatoms. The summed E-state index contributed by atoms with van der Waals surface area (Å²) in [7, 11) is 0. The van der Waals surface area contributed by atoms with Crippen LogP contribution in [-0.4, -0.2) is 47.3 Å². The number of likely N-dealkylation sites (tertiary alicyclic amines) is 1. The Bertz CT molecular complexity index is 836. The average molecular weight is 377 g/mol. The SMILES string of the molecule is CCN1CCC(Nc2c3c(nc4cc(OC(F)F)c(O)cc24)CCC3)CC1. The van der Waals surface area contributed by atoms with Crippen LogP contribution in [0.2, 0.25) is 0 Å². The number of benzene rings is 1. The van der Waals surface area contributed by atoms with Gasteiger partial charge in [-0.1, -0.05) is 6.92 Å². The number of nitrogens with zero attached hydrogens (tertiary/aromatic N) is 2. The van der Waals surface area contributed by atoms with Gasteiger partial charge in [0.05, 0.1) is 5.52 Å². The molecule has 0 radical (unpaired) electrons. The molecule has 0 bridgehead atoms. The zero-order valence-corrected chi connectivity index (χ0v) is 15.5. The van der Waals surface area contributed by atoms with E-state index in [2.05, 4.69) is 26.9 Å². The molecule has 0 atom stereocenters. The van der Waals surface area contributed by atoms with Gasteiger partial charge in [-0.05, 0) is 50.3 Å². The van der Waals surface area contributed by atoms with E-state index in [4.69, 9.17) is 0 Å². The summed E-state index contributed by atoms with van der Waals surface area (Å²) in [6, 6.07) is 3.28. The molecule has 146 valence electrons. The number of halogens is 2. The fourth-order valence-corrected chi connectivity index (χ4v) is 4.23. The van der Waals surface area contributed by atoms with E-state index >= 15 is 0 Å². The number of aromatic hydroxyl groups is 1. The van der Waals surface area contributed by atoms with Crippen LogP contribution in [0.5, 0.6) is 11.5 Å². The van der Waals surface area contributed by atoms with Crippen LogP contribution in [-0.2, 0) is 12.8 Å². The number of phenolic OH excluding ortho intramolecular Hbond substituents is 1. The molecule has 1 aromatic carbocycles. The van der Waals surface area contributed by atoms with E-state index in [0.717, 1.165) is 68.5 Å². The molecule has 2 N–H and O–H groups in total. The minimum atomic E-state index is -2.98. The second-order valence-electron chi connectivity index (χ2n) is 7.33. The van der Waals surface area contributed by atoms with Crippen molar-refractivity contribution in [3.8, 4) is 11.5 Å². The molecule has 27 heavy (non-hydrogen) atoms. The zero-order chi connectivity index (χ0) is 19.0. The second kappa shape index (κ2) is 7.46. The van der Waals surface area contributed by atoms with Gasteiger partial charge in [-0.25, -0.2) is 0 Å². The van der Waals surface area contributed by atoms with Crippen LogP contribution in [0.4, 0.5) is 14.5 Å². The lowest BCUT2D eigenvalue weighted by Crippen LogP contribution is -2.39. The third-order valence-electron chi connectivity index (χ3n) is 5.69. The normalized spacial score (nSPS) is 18.2. The average Bonchev–Trinajstić information content (AvgIpc) is 3.11. The summed E-state index contributed by atoms with van der Waals surface area (Å²) in [5, 5.41) is 14.6. The van der Waals surface area contributed by atoms with Gasteiger partial charge < -0.3 is 20.1 Å². The Morgan fingerprint density at radius 1 is 1.30 bits per heavy atom. The molecule has 4 rings (SSSR count). The lowest BCUT2D eigenvalue weighted by molar-refractivity contribution is -0.0511. The molecular formula is C20H25F2N3O2. The van der Waals surface area contributed by atoms with Crippen LogP contribution < -0.4 is 10.1 Å². The number of nitrogens with one attached hydrogen (secondary N) is 1. The van der Waals surface area contributed by atoms with Gasteiger partial charge in [0.2, 0.25) is 0 Å². The molecule has 2 aromatic rings. The van der Waals surface area contributed by atoms with Gasteiger partial charge in [0.15, 0.2) is 11.5 Å². The van der Waals surface area contributed by atoms with Crippen molar-refractivity contribution in [2.24, 2.45) is 0 Å². The van der Waals surface area contributed by atoms with Gasteiger partial charge in [0.1, 0.15) is 0 Å². The van der Waals surface area contributed by atoms with Crippen LogP contribution >= 0.6 is 0 Å². The van der Waals surface area contributed by atoms with Crippen LogP contribution in [0.3, 0.4) is 0 Å². The van der Waals surface area contributed by atoms with Crippen molar-refractivity contribution in [1.82, 2.24) is 9.88 Å². The number of aromatic nitrogens is 1.